The van der Waals surface area contributed by atoms with Gasteiger partial charge in [0.1, 0.15) is 5.82 Å². The molecule has 0 atom stereocenters. The van der Waals surface area contributed by atoms with Crippen LogP contribution in [0.2, 0.25) is 5.02 Å². The number of anilines is 1. The molecule has 0 bridgehead atoms. The van der Waals surface area contributed by atoms with Gasteiger partial charge in [-0.25, -0.2) is 14.1 Å². The fourth-order valence-corrected chi connectivity index (χ4v) is 2.74. The molecule has 2 heterocycles. The van der Waals surface area contributed by atoms with Crippen molar-refractivity contribution in [3.63, 3.8) is 0 Å². The molecule has 0 saturated heterocycles. The molecule has 5 nitrogen and oxygen atoms in total. The number of pyridine rings is 1. The number of halogens is 2. The average Bonchev–Trinajstić information content (AvgIpc) is 3.03. The van der Waals surface area contributed by atoms with E-state index in [1.54, 1.807) is 10.9 Å². The van der Waals surface area contributed by atoms with Gasteiger partial charge in [0.2, 0.25) is 0 Å². The maximum absolute atomic E-state index is 13.2. The molecule has 0 fully saturated rings. The molecular weight excluding hydrogens is 343 g/mol. The van der Waals surface area contributed by atoms with Crippen molar-refractivity contribution in [3.8, 4) is 5.82 Å². The Morgan fingerprint density at radius 3 is 2.72 bits per heavy atom. The van der Waals surface area contributed by atoms with Gasteiger partial charge in [0, 0.05) is 6.20 Å². The second kappa shape index (κ2) is 7.03. The van der Waals surface area contributed by atoms with E-state index in [4.69, 9.17) is 11.6 Å². The highest BCUT2D eigenvalue weighted by Crippen LogP contribution is 2.26. The molecule has 0 radical (unpaired) electrons. The van der Waals surface area contributed by atoms with E-state index < -0.39 is 5.82 Å². The zero-order chi connectivity index (χ0) is 18.0. The number of aromatic nitrogens is 3. The summed E-state index contributed by atoms with van der Waals surface area (Å²) < 4.78 is 14.8. The summed E-state index contributed by atoms with van der Waals surface area (Å²) in [4.78, 5) is 17.0. The first-order chi connectivity index (χ1) is 12.0. The fraction of sp³-hybridized carbons (Fsp3) is 0.167. The molecule has 7 heteroatoms. The summed E-state index contributed by atoms with van der Waals surface area (Å²) in [5.74, 6) is -0.160. The first-order valence-electron chi connectivity index (χ1n) is 7.73. The van der Waals surface area contributed by atoms with Crippen LogP contribution in [0.5, 0.6) is 0 Å². The second-order valence-electron chi connectivity index (χ2n) is 5.78. The van der Waals surface area contributed by atoms with Gasteiger partial charge < -0.3 is 5.32 Å². The van der Waals surface area contributed by atoms with Crippen molar-refractivity contribution in [2.24, 2.45) is 0 Å². The molecule has 0 aliphatic carbocycles. The van der Waals surface area contributed by atoms with Crippen molar-refractivity contribution < 1.29 is 9.18 Å². The van der Waals surface area contributed by atoms with Crippen LogP contribution in [0.1, 0.15) is 35.8 Å². The average molecular weight is 359 g/mol. The molecule has 0 unspecified atom stereocenters. The van der Waals surface area contributed by atoms with Crippen LogP contribution in [-0.4, -0.2) is 20.7 Å². The Hall–Kier alpha value is -2.73. The topological polar surface area (TPSA) is 59.8 Å². The predicted molar refractivity (Wildman–Crippen MR) is 94.8 cm³/mol. The Labute approximate surface area is 149 Å². The van der Waals surface area contributed by atoms with E-state index in [1.807, 2.05) is 32.0 Å². The zero-order valence-corrected chi connectivity index (χ0v) is 14.5. The van der Waals surface area contributed by atoms with Gasteiger partial charge in [0.05, 0.1) is 28.2 Å². The van der Waals surface area contributed by atoms with Crippen LogP contribution in [0.15, 0.2) is 48.8 Å². The molecule has 0 aliphatic heterocycles. The normalized spacial score (nSPS) is 10.9. The summed E-state index contributed by atoms with van der Waals surface area (Å²) in [7, 11) is 0. The number of hydrogen-bond acceptors (Lipinski definition) is 3. The van der Waals surface area contributed by atoms with Gasteiger partial charge in [-0.15, -0.1) is 0 Å². The van der Waals surface area contributed by atoms with E-state index in [0.717, 1.165) is 11.8 Å². The smallest absolute Gasteiger partial charge is 0.259 e. The van der Waals surface area contributed by atoms with Crippen molar-refractivity contribution in [2.45, 2.75) is 19.8 Å². The van der Waals surface area contributed by atoms with Crippen LogP contribution < -0.4 is 5.32 Å². The number of benzene rings is 1. The Morgan fingerprint density at radius 2 is 2.08 bits per heavy atom. The lowest BCUT2D eigenvalue weighted by Gasteiger charge is -2.12. The van der Waals surface area contributed by atoms with Crippen molar-refractivity contribution in [1.29, 1.82) is 0 Å². The summed E-state index contributed by atoms with van der Waals surface area (Å²) in [6.07, 6.45) is 3.16. The fourth-order valence-electron chi connectivity index (χ4n) is 2.53. The van der Waals surface area contributed by atoms with Crippen LogP contribution in [0.25, 0.3) is 5.82 Å². The third-order valence-corrected chi connectivity index (χ3v) is 3.96. The number of nitrogens with one attached hydrogen (secondary N) is 1. The largest absolute Gasteiger partial charge is 0.321 e. The number of rotatable bonds is 4. The summed E-state index contributed by atoms with van der Waals surface area (Å²) in [5.41, 5.74) is 1.49. The van der Waals surface area contributed by atoms with Crippen molar-refractivity contribution >= 4 is 23.2 Å². The highest BCUT2D eigenvalue weighted by molar-refractivity contribution is 6.33. The molecule has 3 rings (SSSR count). The molecule has 3 aromatic rings. The third kappa shape index (κ3) is 3.53. The number of carbonyl (C=O) groups excluding carboxylic acids is 1. The molecule has 2 aromatic heterocycles. The second-order valence-corrected chi connectivity index (χ2v) is 6.18. The van der Waals surface area contributed by atoms with Crippen molar-refractivity contribution in [2.75, 3.05) is 5.32 Å². The number of hydrogen-bond donors (Lipinski definition) is 1. The summed E-state index contributed by atoms with van der Waals surface area (Å²) in [5, 5.41) is 7.15. The Balaban J connectivity index is 1.97. The SMILES string of the molecule is CC(C)c1c(C(=O)Nc2ccc(F)cc2Cl)cnn1-c1ccccn1. The van der Waals surface area contributed by atoms with Gasteiger partial charge in [-0.3, -0.25) is 4.79 Å². The molecule has 25 heavy (non-hydrogen) atoms. The Kier molecular flexibility index (Phi) is 4.81. The first kappa shape index (κ1) is 17.1. The van der Waals surface area contributed by atoms with Crippen molar-refractivity contribution in [3.05, 3.63) is 70.9 Å². The highest BCUT2D eigenvalue weighted by atomic mass is 35.5. The van der Waals surface area contributed by atoms with Gasteiger partial charge in [0.25, 0.3) is 5.91 Å². The quantitative estimate of drug-likeness (QED) is 0.750. The monoisotopic (exact) mass is 358 g/mol. The molecule has 1 aromatic carbocycles. The van der Waals surface area contributed by atoms with E-state index in [-0.39, 0.29) is 16.8 Å². The minimum absolute atomic E-state index is 0.0361. The van der Waals surface area contributed by atoms with Crippen LogP contribution in [-0.2, 0) is 0 Å². The molecule has 0 saturated carbocycles. The van der Waals surface area contributed by atoms with Crippen LogP contribution in [0.3, 0.4) is 0 Å². The third-order valence-electron chi connectivity index (χ3n) is 3.64. The van der Waals surface area contributed by atoms with E-state index >= 15 is 0 Å². The lowest BCUT2D eigenvalue weighted by Crippen LogP contribution is -2.16. The number of carbonyl (C=O) groups is 1. The van der Waals surface area contributed by atoms with Gasteiger partial charge >= 0.3 is 0 Å². The van der Waals surface area contributed by atoms with E-state index in [2.05, 4.69) is 15.4 Å². The lowest BCUT2D eigenvalue weighted by atomic mass is 10.1. The molecule has 1 N–H and O–H groups in total. The van der Waals surface area contributed by atoms with Crippen molar-refractivity contribution in [1.82, 2.24) is 14.8 Å². The predicted octanol–water partition coefficient (Wildman–Crippen LogP) is 4.44. The zero-order valence-electron chi connectivity index (χ0n) is 13.7. The summed E-state index contributed by atoms with van der Waals surface area (Å²) >= 11 is 5.98. The standard InChI is InChI=1S/C18H16ClFN4O/c1-11(2)17-13(10-22-24(17)16-5-3-4-8-21-16)18(25)23-15-7-6-12(20)9-14(15)19/h3-11H,1-2H3,(H,23,25). The maximum atomic E-state index is 13.2. The molecular formula is C18H16ClFN4O. The molecule has 0 spiro atoms. The minimum atomic E-state index is -0.464. The highest BCUT2D eigenvalue weighted by Gasteiger charge is 2.22. The van der Waals surface area contributed by atoms with E-state index in [0.29, 0.717) is 17.1 Å². The molecule has 128 valence electrons. The maximum Gasteiger partial charge on any atom is 0.259 e. The van der Waals surface area contributed by atoms with Gasteiger partial charge in [0.15, 0.2) is 5.82 Å². The van der Waals surface area contributed by atoms with Crippen LogP contribution in [0.4, 0.5) is 10.1 Å². The Bertz CT molecular complexity index is 909. The van der Waals surface area contributed by atoms with E-state index in [9.17, 15) is 9.18 Å². The van der Waals surface area contributed by atoms with Gasteiger partial charge in [-0.05, 0) is 36.2 Å². The number of nitrogens with zero attached hydrogens (tertiary/aromatic N) is 3. The first-order valence-corrected chi connectivity index (χ1v) is 8.11. The Morgan fingerprint density at radius 1 is 1.28 bits per heavy atom. The van der Waals surface area contributed by atoms with E-state index in [1.165, 1.54) is 18.3 Å². The summed E-state index contributed by atoms with van der Waals surface area (Å²) in [6.45, 7) is 3.94. The minimum Gasteiger partial charge on any atom is -0.321 e. The summed E-state index contributed by atoms with van der Waals surface area (Å²) in [6, 6.07) is 9.30. The molecule has 1 amide bonds. The van der Waals surface area contributed by atoms with Gasteiger partial charge in [-0.1, -0.05) is 31.5 Å². The molecule has 0 aliphatic rings. The van der Waals surface area contributed by atoms with Crippen LogP contribution >= 0.6 is 11.6 Å². The number of amides is 1. The lowest BCUT2D eigenvalue weighted by molar-refractivity contribution is 0.102. The van der Waals surface area contributed by atoms with Crippen LogP contribution in [0, 0.1) is 5.82 Å². The van der Waals surface area contributed by atoms with Gasteiger partial charge in [-0.2, -0.15) is 5.10 Å².